The Bertz CT molecular complexity index is 229. The molecule has 2 N–H and O–H groups in total. The van der Waals surface area contributed by atoms with Crippen molar-refractivity contribution in [3.8, 4) is 0 Å². The van der Waals surface area contributed by atoms with Gasteiger partial charge < -0.3 is 10.6 Å². The average molecular weight is 214 g/mol. The molecule has 2 aliphatic rings. The van der Waals surface area contributed by atoms with Crippen LogP contribution in [0.25, 0.3) is 0 Å². The Hall–Kier alpha value is -0.640. The molecule has 0 unspecified atom stereocenters. The maximum absolute atomic E-state index is 12.8. The van der Waals surface area contributed by atoms with Gasteiger partial charge in [0, 0.05) is 19.5 Å². The molecule has 15 heavy (non-hydrogen) atoms. The van der Waals surface area contributed by atoms with Gasteiger partial charge in [-0.15, -0.1) is 0 Å². The Balaban J connectivity index is 1.67. The normalized spacial score (nSPS) is 32.1. The van der Waals surface area contributed by atoms with E-state index >= 15 is 0 Å². The van der Waals surface area contributed by atoms with Crippen LogP contribution < -0.4 is 10.6 Å². The van der Waals surface area contributed by atoms with Gasteiger partial charge in [0.05, 0.1) is 6.04 Å². The molecule has 0 radical (unpaired) electrons. The van der Waals surface area contributed by atoms with Gasteiger partial charge in [-0.1, -0.05) is 12.8 Å². The van der Waals surface area contributed by atoms with Crippen molar-refractivity contribution in [2.24, 2.45) is 5.92 Å². The molecule has 0 aromatic carbocycles. The molecule has 86 valence electrons. The minimum Gasteiger partial charge on any atom is -0.354 e. The van der Waals surface area contributed by atoms with E-state index in [4.69, 9.17) is 0 Å². The lowest BCUT2D eigenvalue weighted by molar-refractivity contribution is -0.123. The summed E-state index contributed by atoms with van der Waals surface area (Å²) in [5, 5.41) is 5.81. The van der Waals surface area contributed by atoms with E-state index in [2.05, 4.69) is 10.6 Å². The van der Waals surface area contributed by atoms with Gasteiger partial charge in [-0.2, -0.15) is 0 Å². The van der Waals surface area contributed by atoms with Crippen LogP contribution in [0, 0.1) is 5.92 Å². The first kappa shape index (κ1) is 10.9. The lowest BCUT2D eigenvalue weighted by Gasteiger charge is -2.14. The van der Waals surface area contributed by atoms with E-state index in [9.17, 15) is 9.18 Å². The Labute approximate surface area is 89.8 Å². The fourth-order valence-electron chi connectivity index (χ4n) is 2.47. The fraction of sp³-hybridized carbons (Fsp3) is 0.909. The van der Waals surface area contributed by atoms with Crippen LogP contribution in [0.5, 0.6) is 0 Å². The van der Waals surface area contributed by atoms with Crippen LogP contribution >= 0.6 is 0 Å². The summed E-state index contributed by atoms with van der Waals surface area (Å²) in [4.78, 5) is 11.6. The number of halogens is 1. The first-order valence-electron chi connectivity index (χ1n) is 5.91. The Morgan fingerprint density at radius 2 is 2.13 bits per heavy atom. The van der Waals surface area contributed by atoms with Crippen molar-refractivity contribution in [1.82, 2.24) is 10.6 Å². The van der Waals surface area contributed by atoms with Gasteiger partial charge in [-0.05, 0) is 18.8 Å². The van der Waals surface area contributed by atoms with E-state index in [0.717, 1.165) is 6.54 Å². The number of hydrogen-bond acceptors (Lipinski definition) is 2. The van der Waals surface area contributed by atoms with Crippen LogP contribution in [-0.4, -0.2) is 31.2 Å². The third-order valence-corrected chi connectivity index (χ3v) is 3.43. The largest absolute Gasteiger partial charge is 0.354 e. The summed E-state index contributed by atoms with van der Waals surface area (Å²) in [6.45, 7) is 1.09. The molecule has 1 saturated heterocycles. The van der Waals surface area contributed by atoms with E-state index < -0.39 is 6.17 Å². The highest BCUT2D eigenvalue weighted by Gasteiger charge is 2.29. The third-order valence-electron chi connectivity index (χ3n) is 3.43. The van der Waals surface area contributed by atoms with E-state index in [0.29, 0.717) is 18.9 Å². The number of nitrogens with one attached hydrogen (secondary N) is 2. The average Bonchev–Trinajstić information content (AvgIpc) is 2.84. The molecular formula is C11H19FN2O. The van der Waals surface area contributed by atoms with Crippen molar-refractivity contribution < 1.29 is 9.18 Å². The molecule has 1 heterocycles. The van der Waals surface area contributed by atoms with Crippen molar-refractivity contribution >= 4 is 5.91 Å². The highest BCUT2D eigenvalue weighted by molar-refractivity contribution is 5.82. The van der Waals surface area contributed by atoms with Crippen LogP contribution in [0.15, 0.2) is 0 Å². The summed E-state index contributed by atoms with van der Waals surface area (Å²) in [7, 11) is 0. The van der Waals surface area contributed by atoms with Crippen LogP contribution in [0.2, 0.25) is 0 Å². The van der Waals surface area contributed by atoms with Crippen molar-refractivity contribution in [2.75, 3.05) is 13.1 Å². The number of alkyl halides is 1. The molecule has 1 saturated carbocycles. The summed E-state index contributed by atoms with van der Waals surface area (Å²) >= 11 is 0. The molecular weight excluding hydrogens is 195 g/mol. The van der Waals surface area contributed by atoms with Gasteiger partial charge in [0.15, 0.2) is 0 Å². The maximum atomic E-state index is 12.8. The highest BCUT2D eigenvalue weighted by Crippen LogP contribution is 2.23. The molecule has 1 amide bonds. The lowest BCUT2D eigenvalue weighted by atomic mass is 10.1. The molecule has 0 aromatic heterocycles. The van der Waals surface area contributed by atoms with Gasteiger partial charge in [0.25, 0.3) is 0 Å². The summed E-state index contributed by atoms with van der Waals surface area (Å²) in [6, 6.07) is -0.304. The molecule has 2 rings (SSSR count). The van der Waals surface area contributed by atoms with Crippen molar-refractivity contribution in [2.45, 2.75) is 44.3 Å². The minimum absolute atomic E-state index is 0.0259. The first-order valence-corrected chi connectivity index (χ1v) is 5.91. The van der Waals surface area contributed by atoms with Crippen LogP contribution in [0.1, 0.15) is 32.1 Å². The van der Waals surface area contributed by atoms with Gasteiger partial charge in [-0.25, -0.2) is 4.39 Å². The van der Waals surface area contributed by atoms with Gasteiger partial charge in [-0.3, -0.25) is 4.79 Å². The predicted molar refractivity (Wildman–Crippen MR) is 56.3 cm³/mol. The van der Waals surface area contributed by atoms with E-state index in [1.807, 2.05) is 0 Å². The van der Waals surface area contributed by atoms with E-state index in [-0.39, 0.29) is 11.9 Å². The molecule has 4 heteroatoms. The quantitative estimate of drug-likeness (QED) is 0.735. The van der Waals surface area contributed by atoms with Crippen LogP contribution in [0.4, 0.5) is 4.39 Å². The van der Waals surface area contributed by atoms with Gasteiger partial charge in [0.2, 0.25) is 5.91 Å². The Morgan fingerprint density at radius 3 is 2.73 bits per heavy atom. The number of carbonyl (C=O) groups is 1. The van der Waals surface area contributed by atoms with E-state index in [1.165, 1.54) is 25.7 Å². The molecule has 3 nitrogen and oxygen atoms in total. The molecule has 2 atom stereocenters. The molecule has 1 aliphatic heterocycles. The molecule has 0 spiro atoms. The Morgan fingerprint density at radius 1 is 1.40 bits per heavy atom. The molecule has 2 fully saturated rings. The Kier molecular flexibility index (Phi) is 3.57. The van der Waals surface area contributed by atoms with Crippen LogP contribution in [0.3, 0.4) is 0 Å². The second-order valence-corrected chi connectivity index (χ2v) is 4.69. The number of carbonyl (C=O) groups excluding carboxylic acids is 1. The second-order valence-electron chi connectivity index (χ2n) is 4.69. The summed E-state index contributed by atoms with van der Waals surface area (Å²) in [6.07, 6.45) is 4.50. The smallest absolute Gasteiger partial charge is 0.237 e. The summed E-state index contributed by atoms with van der Waals surface area (Å²) < 4.78 is 12.8. The zero-order valence-electron chi connectivity index (χ0n) is 8.97. The first-order chi connectivity index (χ1) is 7.25. The zero-order valence-corrected chi connectivity index (χ0v) is 8.97. The number of rotatable bonds is 3. The molecule has 0 bridgehead atoms. The minimum atomic E-state index is -0.854. The number of amides is 1. The fourth-order valence-corrected chi connectivity index (χ4v) is 2.47. The zero-order chi connectivity index (χ0) is 10.7. The highest BCUT2D eigenvalue weighted by atomic mass is 19.1. The number of hydrogen-bond donors (Lipinski definition) is 2. The van der Waals surface area contributed by atoms with Gasteiger partial charge in [0.1, 0.15) is 6.17 Å². The monoisotopic (exact) mass is 214 g/mol. The van der Waals surface area contributed by atoms with Crippen molar-refractivity contribution in [3.05, 3.63) is 0 Å². The third kappa shape index (κ3) is 2.91. The second kappa shape index (κ2) is 4.92. The van der Waals surface area contributed by atoms with Crippen LogP contribution in [-0.2, 0) is 4.79 Å². The van der Waals surface area contributed by atoms with Crippen molar-refractivity contribution in [1.29, 1.82) is 0 Å². The standard InChI is InChI=1S/C11H19FN2O/c12-9-5-10(13-7-9)11(15)14-6-8-3-1-2-4-8/h8-10,13H,1-7H2,(H,14,15)/t9-,10+/m0/s1. The predicted octanol–water partition coefficient (Wildman–Crippen LogP) is 0.993. The maximum Gasteiger partial charge on any atom is 0.237 e. The SMILES string of the molecule is O=C(NCC1CCCC1)[C@H]1C[C@H](F)CN1. The lowest BCUT2D eigenvalue weighted by Crippen LogP contribution is -2.41. The topological polar surface area (TPSA) is 41.1 Å². The molecule has 0 aromatic rings. The van der Waals surface area contributed by atoms with Gasteiger partial charge >= 0.3 is 0 Å². The van der Waals surface area contributed by atoms with E-state index in [1.54, 1.807) is 0 Å². The van der Waals surface area contributed by atoms with Crippen molar-refractivity contribution in [3.63, 3.8) is 0 Å². The summed E-state index contributed by atoms with van der Waals surface area (Å²) in [5.74, 6) is 0.624. The molecule has 1 aliphatic carbocycles. The summed E-state index contributed by atoms with van der Waals surface area (Å²) in [5.41, 5.74) is 0.